The first-order chi connectivity index (χ1) is 9.93. The van der Waals surface area contributed by atoms with Gasteiger partial charge in [0.2, 0.25) is 0 Å². The molecule has 0 radical (unpaired) electrons. The first-order valence-electron chi connectivity index (χ1n) is 6.64. The van der Waals surface area contributed by atoms with Crippen LogP contribution in [0.15, 0.2) is 28.1 Å². The van der Waals surface area contributed by atoms with Gasteiger partial charge in [-0.1, -0.05) is 6.08 Å². The third-order valence-electron chi connectivity index (χ3n) is 3.49. The lowest BCUT2D eigenvalue weighted by atomic mass is 10.1. The fourth-order valence-electron chi connectivity index (χ4n) is 2.35. The fourth-order valence-corrected chi connectivity index (χ4v) is 2.35. The van der Waals surface area contributed by atoms with Gasteiger partial charge in [0, 0.05) is 18.2 Å². The normalized spacial score (nSPS) is 27.3. The molecule has 1 aromatic heterocycles. The van der Waals surface area contributed by atoms with Crippen LogP contribution >= 0.6 is 0 Å². The van der Waals surface area contributed by atoms with Crippen LogP contribution < -0.4 is 17.0 Å². The molecule has 0 aromatic carbocycles. The first kappa shape index (κ1) is 15.5. The monoisotopic (exact) mass is 297 g/mol. The third kappa shape index (κ3) is 3.23. The number of aliphatic hydroxyl groups is 2. The predicted molar refractivity (Wildman–Crippen MR) is 74.5 cm³/mol. The smallest absolute Gasteiger partial charge is 0.330 e. The Hall–Kier alpha value is -1.90. The molecule has 8 heteroatoms. The summed E-state index contributed by atoms with van der Waals surface area (Å²) in [5.41, 5.74) is 4.50. The number of ether oxygens (including phenoxy) is 1. The number of nitrogens with two attached hydrogens (primary N) is 1. The minimum Gasteiger partial charge on any atom is -0.405 e. The number of aryl methyl sites for hydroxylation is 1. The summed E-state index contributed by atoms with van der Waals surface area (Å²) in [6, 6.07) is 0. The molecule has 1 unspecified atom stereocenters. The van der Waals surface area contributed by atoms with Crippen molar-refractivity contribution in [3.8, 4) is 0 Å². The second-order valence-electron chi connectivity index (χ2n) is 5.07. The van der Waals surface area contributed by atoms with E-state index in [0.29, 0.717) is 5.56 Å². The Kier molecular flexibility index (Phi) is 4.61. The van der Waals surface area contributed by atoms with E-state index in [1.165, 1.54) is 17.0 Å². The molecule has 4 atom stereocenters. The highest BCUT2D eigenvalue weighted by Crippen LogP contribution is 2.30. The van der Waals surface area contributed by atoms with E-state index in [1.807, 2.05) is 0 Å². The molecule has 0 bridgehead atoms. The average molecular weight is 297 g/mol. The van der Waals surface area contributed by atoms with Crippen molar-refractivity contribution in [3.05, 3.63) is 44.9 Å². The highest BCUT2D eigenvalue weighted by molar-refractivity contribution is 5.02. The van der Waals surface area contributed by atoms with E-state index in [4.69, 9.17) is 10.5 Å². The SMILES string of the molecule is Cc1cn([C@H]2C[C@H](O)[C@@H](C(O)CC=CN)O2)c(=O)[nH]c1=O. The van der Waals surface area contributed by atoms with E-state index < -0.39 is 35.8 Å². The Morgan fingerprint density at radius 3 is 3.00 bits per heavy atom. The van der Waals surface area contributed by atoms with Gasteiger partial charge in [0.05, 0.1) is 12.2 Å². The number of hydrogen-bond acceptors (Lipinski definition) is 6. The molecule has 0 amide bonds. The largest absolute Gasteiger partial charge is 0.405 e. The Balaban J connectivity index is 2.19. The number of nitrogens with one attached hydrogen (secondary N) is 1. The minimum absolute atomic E-state index is 0.152. The fraction of sp³-hybridized carbons (Fsp3) is 0.538. The molecule has 1 aliphatic heterocycles. The number of rotatable bonds is 4. The van der Waals surface area contributed by atoms with E-state index in [-0.39, 0.29) is 12.8 Å². The van der Waals surface area contributed by atoms with E-state index in [2.05, 4.69) is 4.98 Å². The van der Waals surface area contributed by atoms with E-state index >= 15 is 0 Å². The van der Waals surface area contributed by atoms with Gasteiger partial charge in [-0.2, -0.15) is 0 Å². The van der Waals surface area contributed by atoms with E-state index in [1.54, 1.807) is 13.0 Å². The van der Waals surface area contributed by atoms with Gasteiger partial charge in [-0.05, 0) is 19.5 Å². The van der Waals surface area contributed by atoms with Crippen LogP contribution in [-0.4, -0.2) is 38.1 Å². The molecule has 0 saturated carbocycles. The Morgan fingerprint density at radius 2 is 2.33 bits per heavy atom. The second-order valence-corrected chi connectivity index (χ2v) is 5.07. The molecule has 1 saturated heterocycles. The number of H-pyrrole nitrogens is 1. The topological polar surface area (TPSA) is 131 Å². The zero-order chi connectivity index (χ0) is 15.6. The number of nitrogens with zero attached hydrogens (tertiary/aromatic N) is 1. The number of aliphatic hydroxyl groups excluding tert-OH is 2. The average Bonchev–Trinajstić information content (AvgIpc) is 2.82. The predicted octanol–water partition coefficient (Wildman–Crippen LogP) is -1.28. The van der Waals surface area contributed by atoms with Crippen LogP contribution in [0.5, 0.6) is 0 Å². The lowest BCUT2D eigenvalue weighted by Crippen LogP contribution is -2.35. The van der Waals surface area contributed by atoms with Gasteiger partial charge >= 0.3 is 5.69 Å². The summed E-state index contributed by atoms with van der Waals surface area (Å²) in [4.78, 5) is 25.3. The number of hydrogen-bond donors (Lipinski definition) is 4. The second kappa shape index (κ2) is 6.25. The lowest BCUT2D eigenvalue weighted by Gasteiger charge is -2.20. The minimum atomic E-state index is -0.927. The van der Waals surface area contributed by atoms with Crippen molar-refractivity contribution < 1.29 is 14.9 Å². The molecule has 1 fully saturated rings. The molecule has 1 aliphatic rings. The number of aromatic amines is 1. The maximum absolute atomic E-state index is 11.8. The van der Waals surface area contributed by atoms with Crippen LogP contribution in [0.1, 0.15) is 24.6 Å². The standard InChI is InChI=1S/C13H19N3O5/c1-7-6-16(13(20)15-12(7)19)10-5-9(18)11(21-10)8(17)3-2-4-14/h2,4,6,8-11,17-18H,3,5,14H2,1H3,(H,15,19,20)/t8?,9-,10+,11+/m0/s1. The van der Waals surface area contributed by atoms with Crippen molar-refractivity contribution in [2.45, 2.75) is 44.3 Å². The summed E-state index contributed by atoms with van der Waals surface area (Å²) < 4.78 is 6.77. The van der Waals surface area contributed by atoms with Crippen LogP contribution in [0.3, 0.4) is 0 Å². The molecule has 2 heterocycles. The first-order valence-corrected chi connectivity index (χ1v) is 6.64. The van der Waals surface area contributed by atoms with Gasteiger partial charge in [0.1, 0.15) is 12.3 Å². The summed E-state index contributed by atoms with van der Waals surface area (Å²) in [5.74, 6) is 0. The van der Waals surface area contributed by atoms with Crippen LogP contribution in [0, 0.1) is 6.92 Å². The quantitative estimate of drug-likeness (QED) is 0.547. The van der Waals surface area contributed by atoms with E-state index in [0.717, 1.165) is 0 Å². The van der Waals surface area contributed by atoms with Crippen LogP contribution in [-0.2, 0) is 4.74 Å². The third-order valence-corrected chi connectivity index (χ3v) is 3.49. The lowest BCUT2D eigenvalue weighted by molar-refractivity contribution is -0.0819. The zero-order valence-corrected chi connectivity index (χ0v) is 11.6. The summed E-state index contributed by atoms with van der Waals surface area (Å²) in [5, 5.41) is 19.9. The van der Waals surface area contributed by atoms with E-state index in [9.17, 15) is 19.8 Å². The molecule has 0 spiro atoms. The molecule has 1 aromatic rings. The molecule has 2 rings (SSSR count). The maximum atomic E-state index is 11.8. The Bertz CT molecular complexity index is 635. The highest BCUT2D eigenvalue weighted by atomic mass is 16.5. The van der Waals surface area contributed by atoms with Crippen molar-refractivity contribution in [1.29, 1.82) is 0 Å². The molecule has 21 heavy (non-hydrogen) atoms. The van der Waals surface area contributed by atoms with Gasteiger partial charge in [-0.25, -0.2) is 4.79 Å². The van der Waals surface area contributed by atoms with Gasteiger partial charge < -0.3 is 20.7 Å². The molecule has 8 nitrogen and oxygen atoms in total. The Labute approximate surface area is 120 Å². The molecular formula is C13H19N3O5. The van der Waals surface area contributed by atoms with Gasteiger partial charge in [-0.15, -0.1) is 0 Å². The van der Waals surface area contributed by atoms with Crippen molar-refractivity contribution in [3.63, 3.8) is 0 Å². The molecule has 0 aliphatic carbocycles. The van der Waals surface area contributed by atoms with Crippen LogP contribution in [0.25, 0.3) is 0 Å². The van der Waals surface area contributed by atoms with Crippen molar-refractivity contribution in [2.75, 3.05) is 0 Å². The zero-order valence-electron chi connectivity index (χ0n) is 11.6. The highest BCUT2D eigenvalue weighted by Gasteiger charge is 2.39. The Morgan fingerprint density at radius 1 is 1.62 bits per heavy atom. The van der Waals surface area contributed by atoms with Gasteiger partial charge in [0.25, 0.3) is 5.56 Å². The number of aromatic nitrogens is 2. The summed E-state index contributed by atoms with van der Waals surface area (Å²) >= 11 is 0. The summed E-state index contributed by atoms with van der Waals surface area (Å²) in [7, 11) is 0. The van der Waals surface area contributed by atoms with Gasteiger partial charge in [0.15, 0.2) is 0 Å². The molecular weight excluding hydrogens is 278 g/mol. The van der Waals surface area contributed by atoms with Gasteiger partial charge in [-0.3, -0.25) is 14.3 Å². The van der Waals surface area contributed by atoms with Crippen LogP contribution in [0.4, 0.5) is 0 Å². The van der Waals surface area contributed by atoms with Crippen molar-refractivity contribution in [1.82, 2.24) is 9.55 Å². The summed E-state index contributed by atoms with van der Waals surface area (Å²) in [6.07, 6.45) is 1.26. The van der Waals surface area contributed by atoms with Crippen molar-refractivity contribution in [2.24, 2.45) is 5.73 Å². The maximum Gasteiger partial charge on any atom is 0.330 e. The summed E-state index contributed by atoms with van der Waals surface area (Å²) in [6.45, 7) is 1.57. The molecule has 5 N–H and O–H groups in total. The van der Waals surface area contributed by atoms with Crippen molar-refractivity contribution >= 4 is 0 Å². The van der Waals surface area contributed by atoms with Crippen LogP contribution in [0.2, 0.25) is 0 Å². The molecule has 116 valence electrons.